The summed E-state index contributed by atoms with van der Waals surface area (Å²) in [7, 11) is 2.81. The number of likely N-dealkylation sites (tertiary alicyclic amines) is 1. The number of amides is 5. The van der Waals surface area contributed by atoms with Crippen LogP contribution in [0.1, 0.15) is 103 Å². The molecule has 74 heavy (non-hydrogen) atoms. The SMILES string of the molecule is [C-]#[N+]CCOP(O[C@@H]1C[C@@H](CC)N(C(=O)CCCSSCCNC(=O)CC[C@@H](NC(=O)c2ccc(N(Cc3cnc4nc(NC(=O)C(C)C)[nH]c(=O)c4n3)C(=O)C(F)(F)F)cc2)C(=O)OC)C1)N(C(C)C)C(C)C. The van der Waals surface area contributed by atoms with Crippen LogP contribution in [0.5, 0.6) is 0 Å². The van der Waals surface area contributed by atoms with Crippen molar-refractivity contribution in [3.8, 4) is 0 Å². The maximum atomic E-state index is 13.8. The Balaban J connectivity index is 1.23. The summed E-state index contributed by atoms with van der Waals surface area (Å²) in [6.07, 6.45) is -2.22. The molecule has 21 nitrogen and oxygen atoms in total. The summed E-state index contributed by atoms with van der Waals surface area (Å²) in [4.78, 5) is 110. The molecule has 1 aliphatic rings. The molecule has 0 radical (unpaired) electrons. The number of carbonyl (C=O) groups is 6. The van der Waals surface area contributed by atoms with Crippen molar-refractivity contribution in [3.63, 3.8) is 0 Å². The number of methoxy groups -OCH3 is 1. The first-order valence-electron chi connectivity index (χ1n) is 24.0. The molecule has 406 valence electrons. The quantitative estimate of drug-likeness (QED) is 0.0202. The van der Waals surface area contributed by atoms with Crippen LogP contribution in [0.2, 0.25) is 0 Å². The number of benzene rings is 1. The van der Waals surface area contributed by atoms with Crippen LogP contribution in [0.25, 0.3) is 16.0 Å². The van der Waals surface area contributed by atoms with Crippen LogP contribution < -0.4 is 26.4 Å². The third-order valence-electron chi connectivity index (χ3n) is 11.2. The van der Waals surface area contributed by atoms with E-state index in [1.807, 2.05) is 4.90 Å². The highest BCUT2D eigenvalue weighted by molar-refractivity contribution is 8.76. The van der Waals surface area contributed by atoms with Crippen LogP contribution >= 0.6 is 30.1 Å². The highest BCUT2D eigenvalue weighted by Gasteiger charge is 2.43. The summed E-state index contributed by atoms with van der Waals surface area (Å²) >= 11 is 0. The summed E-state index contributed by atoms with van der Waals surface area (Å²) in [5.74, 6) is -4.07. The van der Waals surface area contributed by atoms with Crippen molar-refractivity contribution < 1.29 is 55.7 Å². The van der Waals surface area contributed by atoms with E-state index in [0.717, 1.165) is 44.0 Å². The number of alkyl halides is 3. The van der Waals surface area contributed by atoms with E-state index in [0.29, 0.717) is 48.8 Å². The molecule has 1 aliphatic heterocycles. The van der Waals surface area contributed by atoms with Crippen molar-refractivity contribution in [2.45, 2.75) is 130 Å². The number of nitrogens with zero attached hydrogens (tertiary/aromatic N) is 7. The molecule has 0 saturated carbocycles. The number of ether oxygens (including phenoxy) is 1. The molecular formula is C47H65F3N11O10PS2. The predicted octanol–water partition coefficient (Wildman–Crippen LogP) is 6.41. The molecule has 3 aromatic rings. The molecule has 1 fully saturated rings. The van der Waals surface area contributed by atoms with Gasteiger partial charge in [0.2, 0.25) is 30.2 Å². The summed E-state index contributed by atoms with van der Waals surface area (Å²) in [5.41, 5.74) is -2.04. The number of carbonyl (C=O) groups excluding carboxylic acids is 6. The number of aromatic nitrogens is 4. The Hall–Kier alpha value is -5.45. The molecule has 2 aromatic heterocycles. The van der Waals surface area contributed by atoms with Gasteiger partial charge in [-0.1, -0.05) is 42.4 Å². The van der Waals surface area contributed by atoms with Crippen LogP contribution in [-0.2, 0) is 44.3 Å². The second-order valence-electron chi connectivity index (χ2n) is 17.8. The maximum absolute atomic E-state index is 13.8. The van der Waals surface area contributed by atoms with Crippen LogP contribution in [0, 0.1) is 12.5 Å². The number of aromatic amines is 1. The first-order valence-corrected chi connectivity index (χ1v) is 27.7. The number of hydrogen-bond donors (Lipinski definition) is 4. The molecule has 0 spiro atoms. The molecule has 4 N–H and O–H groups in total. The van der Waals surface area contributed by atoms with Crippen molar-refractivity contribution >= 4 is 88.4 Å². The van der Waals surface area contributed by atoms with Gasteiger partial charge in [0.05, 0.1) is 31.6 Å². The van der Waals surface area contributed by atoms with Gasteiger partial charge in [-0.3, -0.25) is 44.0 Å². The van der Waals surface area contributed by atoms with E-state index in [9.17, 15) is 46.7 Å². The van der Waals surface area contributed by atoms with E-state index >= 15 is 0 Å². The Morgan fingerprint density at radius 1 is 1.01 bits per heavy atom. The lowest BCUT2D eigenvalue weighted by atomic mass is 10.1. The number of rotatable bonds is 28. The van der Waals surface area contributed by atoms with E-state index < -0.39 is 62.5 Å². The van der Waals surface area contributed by atoms with Gasteiger partial charge in [0, 0.05) is 72.7 Å². The summed E-state index contributed by atoms with van der Waals surface area (Å²) in [5, 5.41) is 7.68. The Labute approximate surface area is 437 Å². The smallest absolute Gasteiger partial charge is 0.467 e. The second kappa shape index (κ2) is 29.6. The molecule has 1 unspecified atom stereocenters. The number of nitrogens with one attached hydrogen (secondary N) is 4. The number of esters is 1. The molecule has 5 amide bonds. The van der Waals surface area contributed by atoms with Gasteiger partial charge in [-0.05, 0) is 77.6 Å². The highest BCUT2D eigenvalue weighted by atomic mass is 33.1. The normalized spacial score (nSPS) is 15.6. The predicted molar refractivity (Wildman–Crippen MR) is 277 cm³/mol. The maximum Gasteiger partial charge on any atom is 0.471 e. The average Bonchev–Trinajstić information content (AvgIpc) is 3.77. The summed E-state index contributed by atoms with van der Waals surface area (Å²) < 4.78 is 61.1. The highest BCUT2D eigenvalue weighted by Crippen LogP contribution is 2.48. The zero-order valence-electron chi connectivity index (χ0n) is 42.7. The van der Waals surface area contributed by atoms with Gasteiger partial charge >= 0.3 is 18.1 Å². The minimum Gasteiger partial charge on any atom is -0.467 e. The number of halogens is 3. The zero-order chi connectivity index (χ0) is 54.7. The number of H-pyrrole nitrogens is 1. The Morgan fingerprint density at radius 2 is 1.70 bits per heavy atom. The summed E-state index contributed by atoms with van der Waals surface area (Å²) in [6, 6.07) is 3.56. The van der Waals surface area contributed by atoms with Crippen LogP contribution in [-0.4, -0.2) is 146 Å². The van der Waals surface area contributed by atoms with Crippen molar-refractivity contribution in [2.75, 3.05) is 55.1 Å². The molecule has 4 atom stereocenters. The Bertz CT molecular complexity index is 2490. The van der Waals surface area contributed by atoms with E-state index in [1.165, 1.54) is 10.8 Å². The van der Waals surface area contributed by atoms with E-state index in [-0.39, 0.29) is 96.1 Å². The fourth-order valence-electron chi connectivity index (χ4n) is 7.57. The molecule has 1 saturated heterocycles. The lowest BCUT2D eigenvalue weighted by molar-refractivity contribution is -0.170. The van der Waals surface area contributed by atoms with Crippen molar-refractivity contribution in [1.82, 2.24) is 40.1 Å². The van der Waals surface area contributed by atoms with Gasteiger partial charge in [-0.25, -0.2) is 26.0 Å². The van der Waals surface area contributed by atoms with Gasteiger partial charge in [-0.15, -0.1) is 0 Å². The van der Waals surface area contributed by atoms with Crippen LogP contribution in [0.15, 0.2) is 35.3 Å². The first kappa shape index (κ1) is 61.1. The standard InChI is InChI=1S/C47H65F3N11O10PS2/c1-10-33-24-35(71-72(70-21-19-51-8)61(29(4)5)30(6)7)27-59(33)38(63)12-11-22-73-74-23-20-52-37(62)18-17-36(44(67)69-9)55-42(65)31-13-15-34(16-14-31)60(45(68)47(48,49)50)26-32-25-53-40-39(54-32)43(66)58-46(56-40)57-41(64)28(2)3/h13-16,25,28-30,33,35-36H,10-12,17-24,26-27H2,1-7,9H3,(H,52,62)(H,55,65)(H2,53,56,57,58,64,66)/t33-,35-,36-,72?/m1/s1. The van der Waals surface area contributed by atoms with Crippen molar-refractivity contribution in [2.24, 2.45) is 5.92 Å². The fraction of sp³-hybridized carbons (Fsp3) is 0.596. The molecule has 4 rings (SSSR count). The lowest BCUT2D eigenvalue weighted by Gasteiger charge is -2.36. The summed E-state index contributed by atoms with van der Waals surface area (Å²) in [6.45, 7) is 21.3. The van der Waals surface area contributed by atoms with Gasteiger partial charge in [0.1, 0.15) is 12.6 Å². The van der Waals surface area contributed by atoms with E-state index in [2.05, 4.69) is 80.0 Å². The molecular weight excluding hydrogens is 1030 g/mol. The second-order valence-corrected chi connectivity index (χ2v) is 21.9. The van der Waals surface area contributed by atoms with Crippen LogP contribution in [0.4, 0.5) is 24.8 Å². The monoisotopic (exact) mass is 1100 g/mol. The fourth-order valence-corrected chi connectivity index (χ4v) is 11.3. The minimum atomic E-state index is -5.34. The molecule has 0 aliphatic carbocycles. The number of hydrogen-bond acceptors (Lipinski definition) is 16. The van der Waals surface area contributed by atoms with Gasteiger partial charge < -0.3 is 34.2 Å². The zero-order valence-corrected chi connectivity index (χ0v) is 45.2. The molecule has 3 heterocycles. The Morgan fingerprint density at radius 3 is 2.32 bits per heavy atom. The minimum absolute atomic E-state index is 0.0658. The molecule has 1 aromatic carbocycles. The van der Waals surface area contributed by atoms with Crippen molar-refractivity contribution in [1.29, 1.82) is 0 Å². The van der Waals surface area contributed by atoms with E-state index in [4.69, 9.17) is 20.4 Å². The largest absolute Gasteiger partial charge is 0.471 e. The molecule has 0 bridgehead atoms. The van der Waals surface area contributed by atoms with Gasteiger partial charge in [-0.2, -0.15) is 18.2 Å². The van der Waals surface area contributed by atoms with Gasteiger partial charge in [0.15, 0.2) is 11.2 Å². The number of fused-ring (bicyclic) bond motifs is 1. The van der Waals surface area contributed by atoms with Crippen molar-refractivity contribution in [3.05, 3.63) is 63.5 Å². The molecule has 27 heteroatoms. The van der Waals surface area contributed by atoms with E-state index in [1.54, 1.807) is 24.6 Å². The lowest BCUT2D eigenvalue weighted by Crippen LogP contribution is -2.42. The van der Waals surface area contributed by atoms with Gasteiger partial charge in [0.25, 0.3) is 20.0 Å². The third kappa shape index (κ3) is 18.4. The average molecular weight is 1100 g/mol. The van der Waals surface area contributed by atoms with Crippen LogP contribution in [0.3, 0.4) is 0 Å². The topological polar surface area (TPSA) is 252 Å². The Kier molecular flexibility index (Phi) is 24.4. The number of anilines is 2. The third-order valence-corrected chi connectivity index (χ3v) is 15.9. The first-order chi connectivity index (χ1) is 35.1.